The average Bonchev–Trinajstić information content (AvgIpc) is 3.15. The lowest BCUT2D eigenvalue weighted by Gasteiger charge is -2.30. The summed E-state index contributed by atoms with van der Waals surface area (Å²) in [5.74, 6) is 1.86. The van der Waals surface area contributed by atoms with Gasteiger partial charge in [0.05, 0.1) is 18.8 Å². The maximum Gasteiger partial charge on any atom is 0.407 e. The van der Waals surface area contributed by atoms with Crippen molar-refractivity contribution in [2.75, 3.05) is 19.7 Å². The second kappa shape index (κ2) is 7.71. The number of aromatic nitrogens is 4. The zero-order valence-electron chi connectivity index (χ0n) is 15.5. The van der Waals surface area contributed by atoms with Gasteiger partial charge in [0, 0.05) is 13.1 Å². The van der Waals surface area contributed by atoms with Crippen LogP contribution in [0.4, 0.5) is 4.79 Å². The first-order chi connectivity index (χ1) is 13.7. The summed E-state index contributed by atoms with van der Waals surface area (Å²) in [4.78, 5) is 21.1. The first kappa shape index (κ1) is 18.0. The van der Waals surface area contributed by atoms with Gasteiger partial charge in [0.15, 0.2) is 5.65 Å². The predicted octanol–water partition coefficient (Wildman–Crippen LogP) is 3.33. The molecule has 146 valence electrons. The van der Waals surface area contributed by atoms with Gasteiger partial charge in [-0.25, -0.2) is 19.4 Å². The number of ether oxygens (including phenoxy) is 2. The maximum absolute atomic E-state index is 11.1. The second-order valence-corrected chi connectivity index (χ2v) is 6.51. The second-order valence-electron chi connectivity index (χ2n) is 6.51. The molecule has 0 spiro atoms. The maximum atomic E-state index is 11.1. The van der Waals surface area contributed by atoms with Crippen molar-refractivity contribution in [3.63, 3.8) is 0 Å². The highest BCUT2D eigenvalue weighted by Gasteiger charge is 2.26. The molecule has 4 rings (SSSR count). The van der Waals surface area contributed by atoms with Crippen molar-refractivity contribution in [2.45, 2.75) is 25.8 Å². The van der Waals surface area contributed by atoms with E-state index < -0.39 is 6.09 Å². The summed E-state index contributed by atoms with van der Waals surface area (Å²) in [5, 5.41) is 14.3. The Hall–Kier alpha value is -3.36. The number of amides is 1. The normalized spacial score (nSPS) is 15.0. The Bertz CT molecular complexity index is 964. The Kier molecular flexibility index (Phi) is 4.96. The van der Waals surface area contributed by atoms with Crippen molar-refractivity contribution in [3.05, 3.63) is 36.8 Å². The molecule has 0 aliphatic carbocycles. The Balaban J connectivity index is 1.54. The molecule has 0 bridgehead atoms. The van der Waals surface area contributed by atoms with Gasteiger partial charge in [0.2, 0.25) is 5.88 Å². The molecule has 1 aliphatic rings. The van der Waals surface area contributed by atoms with E-state index in [-0.39, 0.29) is 6.04 Å². The van der Waals surface area contributed by atoms with Gasteiger partial charge < -0.3 is 19.5 Å². The molecule has 1 saturated heterocycles. The van der Waals surface area contributed by atoms with Crippen LogP contribution in [-0.4, -0.2) is 55.5 Å². The van der Waals surface area contributed by atoms with Crippen molar-refractivity contribution in [1.82, 2.24) is 24.6 Å². The van der Waals surface area contributed by atoms with Gasteiger partial charge in [0.25, 0.3) is 0 Å². The van der Waals surface area contributed by atoms with Crippen LogP contribution >= 0.6 is 0 Å². The third-order valence-electron chi connectivity index (χ3n) is 4.78. The number of nitrogens with zero attached hydrogens (tertiary/aromatic N) is 5. The van der Waals surface area contributed by atoms with Crippen LogP contribution in [0.3, 0.4) is 0 Å². The number of carboxylic acid groups (broad SMARTS) is 1. The van der Waals surface area contributed by atoms with Gasteiger partial charge in [0.1, 0.15) is 23.2 Å². The molecule has 2 aromatic heterocycles. The molecule has 9 nitrogen and oxygen atoms in total. The minimum Gasteiger partial charge on any atom is -0.494 e. The molecule has 1 N–H and O–H groups in total. The van der Waals surface area contributed by atoms with Crippen LogP contribution in [0.25, 0.3) is 11.0 Å². The lowest BCUT2D eigenvalue weighted by atomic mass is 10.1. The fourth-order valence-corrected chi connectivity index (χ4v) is 3.37. The van der Waals surface area contributed by atoms with Crippen molar-refractivity contribution in [3.8, 4) is 17.4 Å². The average molecular weight is 383 g/mol. The lowest BCUT2D eigenvalue weighted by Crippen LogP contribution is -2.38. The molecule has 9 heteroatoms. The van der Waals surface area contributed by atoms with Crippen molar-refractivity contribution in [1.29, 1.82) is 0 Å². The zero-order chi connectivity index (χ0) is 19.5. The number of rotatable bonds is 5. The minimum atomic E-state index is -0.878. The molecule has 0 radical (unpaired) electrons. The van der Waals surface area contributed by atoms with E-state index in [2.05, 4.69) is 15.1 Å². The summed E-state index contributed by atoms with van der Waals surface area (Å²) in [6.07, 6.45) is 3.67. The number of fused-ring (bicyclic) bond motifs is 1. The smallest absolute Gasteiger partial charge is 0.407 e. The molecule has 1 aromatic carbocycles. The fourth-order valence-electron chi connectivity index (χ4n) is 3.37. The topological polar surface area (TPSA) is 103 Å². The van der Waals surface area contributed by atoms with Gasteiger partial charge in [-0.3, -0.25) is 0 Å². The van der Waals surface area contributed by atoms with Gasteiger partial charge in [-0.05, 0) is 44.0 Å². The van der Waals surface area contributed by atoms with Crippen molar-refractivity contribution >= 4 is 17.1 Å². The standard InChI is InChI=1S/C19H21N5O4/c1-2-27-14-3-5-15(6-4-14)28-18-16-11-22-24(17(16)20-12-21-18)13-7-9-23(10-8-13)19(25)26/h3-6,11-13H,2,7-10H2,1H3,(H,25,26). The quantitative estimate of drug-likeness (QED) is 0.721. The first-order valence-corrected chi connectivity index (χ1v) is 9.22. The molecule has 1 amide bonds. The third kappa shape index (κ3) is 3.55. The van der Waals surface area contributed by atoms with E-state index in [0.717, 1.165) is 11.1 Å². The number of carbonyl (C=O) groups is 1. The highest BCUT2D eigenvalue weighted by atomic mass is 16.5. The molecule has 1 fully saturated rings. The Labute approximate surface area is 161 Å². The third-order valence-corrected chi connectivity index (χ3v) is 4.78. The molecule has 3 heterocycles. The van der Waals surface area contributed by atoms with Gasteiger partial charge in [-0.1, -0.05) is 0 Å². The monoisotopic (exact) mass is 383 g/mol. The minimum absolute atomic E-state index is 0.0985. The summed E-state index contributed by atoms with van der Waals surface area (Å²) in [7, 11) is 0. The predicted molar refractivity (Wildman–Crippen MR) is 101 cm³/mol. The Morgan fingerprint density at radius 2 is 1.89 bits per heavy atom. The van der Waals surface area contributed by atoms with Crippen LogP contribution in [-0.2, 0) is 0 Å². The van der Waals surface area contributed by atoms with Gasteiger partial charge in [-0.15, -0.1) is 0 Å². The van der Waals surface area contributed by atoms with Crippen LogP contribution in [0.5, 0.6) is 17.4 Å². The van der Waals surface area contributed by atoms with E-state index in [1.54, 1.807) is 6.20 Å². The molecule has 0 saturated carbocycles. The van der Waals surface area contributed by atoms with Crippen LogP contribution < -0.4 is 9.47 Å². The largest absolute Gasteiger partial charge is 0.494 e. The van der Waals surface area contributed by atoms with Crippen LogP contribution in [0.15, 0.2) is 36.8 Å². The summed E-state index contributed by atoms with van der Waals surface area (Å²) in [6.45, 7) is 3.52. The van der Waals surface area contributed by atoms with Crippen LogP contribution in [0, 0.1) is 0 Å². The molecule has 0 atom stereocenters. The van der Waals surface area contributed by atoms with Crippen molar-refractivity contribution < 1.29 is 19.4 Å². The number of likely N-dealkylation sites (tertiary alicyclic amines) is 1. The van der Waals surface area contributed by atoms with E-state index in [9.17, 15) is 4.79 Å². The molecular weight excluding hydrogens is 362 g/mol. The number of hydrogen-bond donors (Lipinski definition) is 1. The molecule has 1 aliphatic heterocycles. The lowest BCUT2D eigenvalue weighted by molar-refractivity contribution is 0.124. The number of piperidine rings is 1. The fraction of sp³-hybridized carbons (Fsp3) is 0.368. The van der Waals surface area contributed by atoms with E-state index in [1.165, 1.54) is 11.2 Å². The zero-order valence-corrected chi connectivity index (χ0v) is 15.5. The Morgan fingerprint density at radius 3 is 2.57 bits per heavy atom. The Morgan fingerprint density at radius 1 is 1.18 bits per heavy atom. The molecule has 28 heavy (non-hydrogen) atoms. The summed E-state index contributed by atoms with van der Waals surface area (Å²) in [6, 6.07) is 7.44. The SMILES string of the molecule is CCOc1ccc(Oc2ncnc3c2cnn3C2CCN(C(=O)O)CC2)cc1. The van der Waals surface area contributed by atoms with Crippen molar-refractivity contribution in [2.24, 2.45) is 0 Å². The summed E-state index contributed by atoms with van der Waals surface area (Å²) in [5.41, 5.74) is 0.685. The number of benzene rings is 1. The summed E-state index contributed by atoms with van der Waals surface area (Å²) >= 11 is 0. The van der Waals surface area contributed by atoms with E-state index in [4.69, 9.17) is 14.6 Å². The first-order valence-electron chi connectivity index (χ1n) is 9.22. The molecule has 0 unspecified atom stereocenters. The molecule has 3 aromatic rings. The summed E-state index contributed by atoms with van der Waals surface area (Å²) < 4.78 is 13.2. The van der Waals surface area contributed by atoms with Crippen LogP contribution in [0.1, 0.15) is 25.8 Å². The van der Waals surface area contributed by atoms with Crippen LogP contribution in [0.2, 0.25) is 0 Å². The van der Waals surface area contributed by atoms with E-state index in [0.29, 0.717) is 49.8 Å². The highest BCUT2D eigenvalue weighted by molar-refractivity contribution is 5.80. The highest BCUT2D eigenvalue weighted by Crippen LogP contribution is 2.31. The van der Waals surface area contributed by atoms with Gasteiger partial charge in [-0.2, -0.15) is 5.10 Å². The van der Waals surface area contributed by atoms with E-state index >= 15 is 0 Å². The number of hydrogen-bond acceptors (Lipinski definition) is 6. The van der Waals surface area contributed by atoms with Gasteiger partial charge >= 0.3 is 6.09 Å². The van der Waals surface area contributed by atoms with E-state index in [1.807, 2.05) is 35.9 Å². The molecular formula is C19H21N5O4.